The molecule has 0 amide bonds. The molecule has 4 heteroatoms. The maximum absolute atomic E-state index is 11.9. The Morgan fingerprint density at radius 1 is 0.889 bits per heavy atom. The van der Waals surface area contributed by atoms with Gasteiger partial charge < -0.3 is 14.9 Å². The average Bonchev–Trinajstić information content (AvgIpc) is 3.21. The Morgan fingerprint density at radius 2 is 1.61 bits per heavy atom. The number of aliphatic hydroxyl groups excluding tert-OH is 2. The normalized spacial score (nSPS) is 54.0. The third-order valence-corrected chi connectivity index (χ3v) is 13.9. The van der Waals surface area contributed by atoms with Gasteiger partial charge in [0, 0.05) is 17.8 Å². The van der Waals surface area contributed by atoms with Crippen molar-refractivity contribution in [2.45, 2.75) is 112 Å². The molecule has 5 rings (SSSR count). The van der Waals surface area contributed by atoms with Crippen LogP contribution in [0.25, 0.3) is 0 Å². The second kappa shape index (κ2) is 8.57. The summed E-state index contributed by atoms with van der Waals surface area (Å²) in [5, 5.41) is 21.4. The van der Waals surface area contributed by atoms with Gasteiger partial charge in [-0.2, -0.15) is 0 Å². The largest absolute Gasteiger partial charge is 0.465 e. The summed E-state index contributed by atoms with van der Waals surface area (Å²) in [4.78, 5) is 11.9. The van der Waals surface area contributed by atoms with Crippen LogP contribution in [0, 0.1) is 56.7 Å². The Labute approximate surface area is 219 Å². The lowest BCUT2D eigenvalue weighted by Gasteiger charge is -2.73. The van der Waals surface area contributed by atoms with E-state index in [1.54, 1.807) is 6.92 Å². The number of fused-ring (bicyclic) bond motifs is 7. The highest BCUT2D eigenvalue weighted by Crippen LogP contribution is 2.77. The van der Waals surface area contributed by atoms with Gasteiger partial charge in [-0.25, -0.2) is 0 Å². The second-order valence-corrected chi connectivity index (χ2v) is 15.0. The van der Waals surface area contributed by atoms with Crippen molar-refractivity contribution < 1.29 is 19.7 Å². The number of ether oxygens (including phenoxy) is 1. The number of carbonyl (C=O) groups excluding carboxylic acids is 1. The topological polar surface area (TPSA) is 66.8 Å². The summed E-state index contributed by atoms with van der Waals surface area (Å²) >= 11 is 0. The molecule has 36 heavy (non-hydrogen) atoms. The van der Waals surface area contributed by atoms with E-state index in [1.165, 1.54) is 37.7 Å². The fourth-order valence-electron chi connectivity index (χ4n) is 11.8. The molecular weight excluding hydrogens is 448 g/mol. The highest BCUT2D eigenvalue weighted by molar-refractivity contribution is 5.65. The lowest BCUT2D eigenvalue weighted by molar-refractivity contribution is -0.255. The van der Waals surface area contributed by atoms with Crippen molar-refractivity contribution in [1.29, 1.82) is 0 Å². The van der Waals surface area contributed by atoms with Crippen molar-refractivity contribution >= 4 is 5.97 Å². The molecule has 0 bridgehead atoms. The van der Waals surface area contributed by atoms with Crippen molar-refractivity contribution in [2.75, 3.05) is 13.2 Å². The molecule has 5 fully saturated rings. The fourth-order valence-corrected chi connectivity index (χ4v) is 11.8. The molecule has 5 aliphatic carbocycles. The van der Waals surface area contributed by atoms with Gasteiger partial charge in [-0.1, -0.05) is 39.8 Å². The minimum atomic E-state index is -0.400. The number of hydrogen-bond acceptors (Lipinski definition) is 4. The quantitative estimate of drug-likeness (QED) is 0.340. The summed E-state index contributed by atoms with van der Waals surface area (Å²) in [5.41, 5.74) is 1.68. The summed E-state index contributed by atoms with van der Waals surface area (Å²) in [6.07, 6.45) is 11.0. The predicted molar refractivity (Wildman–Crippen MR) is 143 cm³/mol. The first-order chi connectivity index (χ1) is 16.8. The van der Waals surface area contributed by atoms with Gasteiger partial charge in [-0.15, -0.1) is 0 Å². The number of rotatable bonds is 4. The van der Waals surface area contributed by atoms with Crippen molar-refractivity contribution in [2.24, 2.45) is 56.7 Å². The van der Waals surface area contributed by atoms with Crippen molar-refractivity contribution in [1.82, 2.24) is 0 Å². The highest BCUT2D eigenvalue weighted by Gasteiger charge is 2.71. The van der Waals surface area contributed by atoms with Gasteiger partial charge in [0.15, 0.2) is 0 Å². The molecule has 0 radical (unpaired) electrons. The van der Waals surface area contributed by atoms with Crippen LogP contribution in [-0.4, -0.2) is 35.5 Å². The van der Waals surface area contributed by atoms with Crippen LogP contribution in [0.4, 0.5) is 0 Å². The van der Waals surface area contributed by atoms with Gasteiger partial charge in [0.2, 0.25) is 0 Å². The van der Waals surface area contributed by atoms with Crippen LogP contribution in [0.1, 0.15) is 106 Å². The van der Waals surface area contributed by atoms with Crippen molar-refractivity contribution in [3.63, 3.8) is 0 Å². The molecule has 5 aliphatic rings. The molecule has 204 valence electrons. The standard InChI is InChI=1S/C32H52O4/c1-20(2)22-10-15-32(19-36-21(3)34)17-16-30(6)23(27(22)32)8-9-25-28(4)13-12-26(35)29(5,18-33)24(28)11-14-31(25,30)7/h22-27,33,35H,1,8-19H2,2-7H3/t22-,23+,24+,25+,26?,27+,28-,29?,30+,31+,32+/m0/s1. The first-order valence-electron chi connectivity index (χ1n) is 14.9. The first kappa shape index (κ1) is 26.7. The molecule has 0 aliphatic heterocycles. The van der Waals surface area contributed by atoms with E-state index < -0.39 is 11.5 Å². The molecule has 0 aromatic heterocycles. The van der Waals surface area contributed by atoms with Gasteiger partial charge in [-0.05, 0) is 117 Å². The maximum Gasteiger partial charge on any atom is 0.302 e. The van der Waals surface area contributed by atoms with E-state index in [2.05, 4.69) is 41.2 Å². The molecule has 0 spiro atoms. The van der Waals surface area contributed by atoms with Crippen molar-refractivity contribution in [3.8, 4) is 0 Å². The van der Waals surface area contributed by atoms with E-state index in [1.807, 2.05) is 0 Å². The van der Waals surface area contributed by atoms with Crippen molar-refractivity contribution in [3.05, 3.63) is 12.2 Å². The molecule has 0 aromatic carbocycles. The van der Waals surface area contributed by atoms with Gasteiger partial charge in [0.05, 0.1) is 19.3 Å². The van der Waals surface area contributed by atoms with Gasteiger partial charge in [0.25, 0.3) is 0 Å². The minimum Gasteiger partial charge on any atom is -0.465 e. The molecule has 0 heterocycles. The van der Waals surface area contributed by atoms with Crippen LogP contribution in [-0.2, 0) is 9.53 Å². The van der Waals surface area contributed by atoms with Crippen LogP contribution in [0.5, 0.6) is 0 Å². The molecule has 11 atom stereocenters. The third kappa shape index (κ3) is 3.34. The Morgan fingerprint density at radius 3 is 2.25 bits per heavy atom. The summed E-state index contributed by atoms with van der Waals surface area (Å²) in [6.45, 7) is 18.8. The SMILES string of the molecule is C=C(C)[C@@H]1CC[C@]2(COC(C)=O)CC[C@]3(C)[C@H](CC[C@@H]4[C@@]5(C)CCC(O)C(C)(CO)[C@@H]5CC[C@]43C)[C@@H]12. The monoisotopic (exact) mass is 500 g/mol. The van der Waals surface area contributed by atoms with Gasteiger partial charge >= 0.3 is 5.97 Å². The van der Waals surface area contributed by atoms with Crippen LogP contribution in [0.3, 0.4) is 0 Å². The van der Waals surface area contributed by atoms with Gasteiger partial charge in [-0.3, -0.25) is 4.79 Å². The summed E-state index contributed by atoms with van der Waals surface area (Å²) < 4.78 is 5.77. The van der Waals surface area contributed by atoms with Gasteiger partial charge in [0.1, 0.15) is 0 Å². The molecule has 4 nitrogen and oxygen atoms in total. The number of allylic oxidation sites excluding steroid dienone is 1. The van der Waals surface area contributed by atoms with E-state index in [0.29, 0.717) is 36.2 Å². The fraction of sp³-hybridized carbons (Fsp3) is 0.906. The zero-order valence-corrected chi connectivity index (χ0v) is 23.9. The molecular formula is C32H52O4. The zero-order chi connectivity index (χ0) is 26.3. The zero-order valence-electron chi connectivity index (χ0n) is 23.9. The van der Waals surface area contributed by atoms with E-state index in [4.69, 9.17) is 4.74 Å². The summed E-state index contributed by atoms with van der Waals surface area (Å²) in [7, 11) is 0. The van der Waals surface area contributed by atoms with Crippen LogP contribution >= 0.6 is 0 Å². The highest BCUT2D eigenvalue weighted by atomic mass is 16.5. The summed E-state index contributed by atoms with van der Waals surface area (Å²) in [5.74, 6) is 2.55. The number of esters is 1. The molecule has 2 unspecified atom stereocenters. The molecule has 5 saturated carbocycles. The van der Waals surface area contributed by atoms with E-state index in [-0.39, 0.29) is 34.2 Å². The first-order valence-corrected chi connectivity index (χ1v) is 14.9. The Bertz CT molecular complexity index is 914. The number of carbonyl (C=O) groups is 1. The number of hydrogen-bond donors (Lipinski definition) is 2. The Kier molecular flexibility index (Phi) is 6.36. The van der Waals surface area contributed by atoms with E-state index >= 15 is 0 Å². The minimum absolute atomic E-state index is 0.0821. The smallest absolute Gasteiger partial charge is 0.302 e. The summed E-state index contributed by atoms with van der Waals surface area (Å²) in [6, 6.07) is 0. The molecule has 0 saturated heterocycles. The predicted octanol–water partition coefficient (Wildman–Crippen LogP) is 6.54. The van der Waals surface area contributed by atoms with Crippen LogP contribution in [0.2, 0.25) is 0 Å². The Hall–Kier alpha value is -0.870. The average molecular weight is 501 g/mol. The van der Waals surface area contributed by atoms with Crippen LogP contribution in [0.15, 0.2) is 12.2 Å². The number of aliphatic hydroxyl groups is 2. The van der Waals surface area contributed by atoms with E-state index in [0.717, 1.165) is 32.1 Å². The maximum atomic E-state index is 11.9. The third-order valence-electron chi connectivity index (χ3n) is 13.9. The second-order valence-electron chi connectivity index (χ2n) is 15.0. The Balaban J connectivity index is 1.53. The van der Waals surface area contributed by atoms with E-state index in [9.17, 15) is 15.0 Å². The lowest BCUT2D eigenvalue weighted by Crippen LogP contribution is -2.67. The lowest BCUT2D eigenvalue weighted by atomic mass is 9.32. The van der Waals surface area contributed by atoms with Crippen LogP contribution < -0.4 is 0 Å². The molecule has 0 aromatic rings. The molecule has 2 N–H and O–H groups in total.